The largest absolute Gasteiger partial charge is 0.456 e. The Morgan fingerprint density at radius 2 is 1.31 bits per heavy atom. The van der Waals surface area contributed by atoms with Crippen molar-refractivity contribution < 1.29 is 13.2 Å². The number of rotatable bonds is 5. The summed E-state index contributed by atoms with van der Waals surface area (Å²) in [4.78, 5) is -0.167. The second-order valence-corrected chi connectivity index (χ2v) is 8.05. The molecule has 0 heterocycles. The lowest BCUT2D eigenvalue weighted by Gasteiger charge is -2.12. The summed E-state index contributed by atoms with van der Waals surface area (Å²) in [5.41, 5.74) is 0.340. The van der Waals surface area contributed by atoms with E-state index < -0.39 is 10.0 Å². The molecule has 0 atom stereocenters. The normalized spacial score (nSPS) is 11.2. The van der Waals surface area contributed by atoms with Gasteiger partial charge in [0.2, 0.25) is 0 Å². The van der Waals surface area contributed by atoms with Crippen LogP contribution >= 0.6 is 34.8 Å². The van der Waals surface area contributed by atoms with Crippen molar-refractivity contribution in [1.82, 2.24) is 0 Å². The highest BCUT2D eigenvalue weighted by molar-refractivity contribution is 7.93. The molecule has 0 saturated heterocycles. The lowest BCUT2D eigenvalue weighted by atomic mass is 10.3. The summed E-state index contributed by atoms with van der Waals surface area (Å²) in [5, 5.41) is 0.568. The third kappa shape index (κ3) is 4.24. The Morgan fingerprint density at radius 1 is 0.731 bits per heavy atom. The van der Waals surface area contributed by atoms with E-state index in [4.69, 9.17) is 39.5 Å². The number of sulfonamides is 1. The second-order valence-electron chi connectivity index (χ2n) is 5.21. The molecule has 0 unspecified atom stereocenters. The van der Waals surface area contributed by atoms with Gasteiger partial charge in [-0.25, -0.2) is 8.42 Å². The van der Waals surface area contributed by atoms with Gasteiger partial charge in [0.05, 0.1) is 15.1 Å². The van der Waals surface area contributed by atoms with Crippen LogP contribution in [0.15, 0.2) is 71.6 Å². The number of ether oxygens (including phenoxy) is 1. The van der Waals surface area contributed by atoms with Crippen molar-refractivity contribution in [2.24, 2.45) is 0 Å². The van der Waals surface area contributed by atoms with Crippen molar-refractivity contribution >= 4 is 50.5 Å². The van der Waals surface area contributed by atoms with Gasteiger partial charge < -0.3 is 4.74 Å². The van der Waals surface area contributed by atoms with Crippen LogP contribution in [-0.2, 0) is 10.0 Å². The Labute approximate surface area is 166 Å². The maximum Gasteiger partial charge on any atom is 0.264 e. The van der Waals surface area contributed by atoms with Crippen molar-refractivity contribution in [2.75, 3.05) is 4.72 Å². The lowest BCUT2D eigenvalue weighted by Crippen LogP contribution is -2.14. The van der Waals surface area contributed by atoms with Gasteiger partial charge in [0.1, 0.15) is 16.4 Å². The molecule has 0 amide bonds. The predicted molar refractivity (Wildman–Crippen MR) is 105 cm³/mol. The molecular weight excluding hydrogens is 417 g/mol. The maximum atomic E-state index is 12.5. The van der Waals surface area contributed by atoms with Gasteiger partial charge in [-0.2, -0.15) is 0 Å². The molecule has 3 aromatic rings. The Morgan fingerprint density at radius 3 is 1.92 bits per heavy atom. The van der Waals surface area contributed by atoms with E-state index in [2.05, 4.69) is 4.72 Å². The molecule has 26 heavy (non-hydrogen) atoms. The number of anilines is 1. The van der Waals surface area contributed by atoms with Crippen LogP contribution < -0.4 is 9.46 Å². The van der Waals surface area contributed by atoms with Crippen LogP contribution in [0.5, 0.6) is 11.5 Å². The van der Waals surface area contributed by atoms with Crippen LogP contribution in [0.3, 0.4) is 0 Å². The summed E-state index contributed by atoms with van der Waals surface area (Å²) in [6, 6.07) is 17.9. The van der Waals surface area contributed by atoms with E-state index in [0.717, 1.165) is 0 Å². The molecule has 0 aromatic heterocycles. The van der Waals surface area contributed by atoms with Crippen LogP contribution in [0.4, 0.5) is 5.69 Å². The summed E-state index contributed by atoms with van der Waals surface area (Å²) in [7, 11) is -3.93. The molecule has 0 saturated carbocycles. The zero-order valence-corrected chi connectivity index (χ0v) is 16.2. The second kappa shape index (κ2) is 7.76. The molecule has 1 N–H and O–H groups in total. The fourth-order valence-corrected chi connectivity index (χ4v) is 4.57. The number of hydrogen-bond donors (Lipinski definition) is 1. The molecule has 0 aliphatic heterocycles. The van der Waals surface area contributed by atoms with E-state index in [1.165, 1.54) is 12.1 Å². The molecule has 8 heteroatoms. The first-order valence-corrected chi connectivity index (χ1v) is 9.98. The Bertz CT molecular complexity index is 1020. The minimum Gasteiger partial charge on any atom is -0.456 e. The minimum absolute atomic E-state index is 0.0451. The van der Waals surface area contributed by atoms with E-state index in [1.807, 2.05) is 0 Å². The summed E-state index contributed by atoms with van der Waals surface area (Å²) < 4.78 is 33.2. The summed E-state index contributed by atoms with van der Waals surface area (Å²) in [5.74, 6) is 1.02. The fourth-order valence-electron chi connectivity index (χ4n) is 2.19. The summed E-state index contributed by atoms with van der Waals surface area (Å²) in [6.45, 7) is 0. The molecule has 4 nitrogen and oxygen atoms in total. The first kappa shape index (κ1) is 18.9. The Hall–Kier alpha value is -1.92. The summed E-state index contributed by atoms with van der Waals surface area (Å²) >= 11 is 18.0. The molecule has 3 rings (SSSR count). The quantitative estimate of drug-likeness (QED) is 0.523. The van der Waals surface area contributed by atoms with Gasteiger partial charge in [-0.05, 0) is 48.5 Å². The van der Waals surface area contributed by atoms with Gasteiger partial charge in [0.25, 0.3) is 10.0 Å². The van der Waals surface area contributed by atoms with Crippen LogP contribution in [-0.4, -0.2) is 8.42 Å². The molecule has 0 radical (unpaired) electrons. The predicted octanol–water partition coefficient (Wildman–Crippen LogP) is 6.24. The van der Waals surface area contributed by atoms with Crippen LogP contribution in [0.1, 0.15) is 0 Å². The number of nitrogens with one attached hydrogen (secondary N) is 1. The van der Waals surface area contributed by atoms with Gasteiger partial charge >= 0.3 is 0 Å². The molecule has 0 spiro atoms. The highest BCUT2D eigenvalue weighted by Crippen LogP contribution is 2.32. The maximum absolute atomic E-state index is 12.5. The van der Waals surface area contributed by atoms with E-state index in [0.29, 0.717) is 22.2 Å². The Balaban J connectivity index is 1.80. The van der Waals surface area contributed by atoms with Crippen molar-refractivity contribution in [2.45, 2.75) is 4.90 Å². The zero-order valence-electron chi connectivity index (χ0n) is 13.1. The van der Waals surface area contributed by atoms with Gasteiger partial charge in [0.15, 0.2) is 0 Å². The molecule has 0 aliphatic carbocycles. The molecular formula is C18H12Cl3NO3S. The third-order valence-corrected chi connectivity index (χ3v) is 6.01. The van der Waals surface area contributed by atoms with E-state index >= 15 is 0 Å². The van der Waals surface area contributed by atoms with Crippen LogP contribution in [0.2, 0.25) is 15.1 Å². The van der Waals surface area contributed by atoms with Crippen LogP contribution in [0.25, 0.3) is 0 Å². The number of halogens is 3. The van der Waals surface area contributed by atoms with E-state index in [1.54, 1.807) is 54.6 Å². The number of para-hydroxylation sites is 1. The van der Waals surface area contributed by atoms with Crippen molar-refractivity contribution in [3.63, 3.8) is 0 Å². The van der Waals surface area contributed by atoms with Crippen molar-refractivity contribution in [3.8, 4) is 11.5 Å². The smallest absolute Gasteiger partial charge is 0.264 e. The number of hydrogen-bond acceptors (Lipinski definition) is 3. The Kier molecular flexibility index (Phi) is 5.63. The third-order valence-electron chi connectivity index (χ3n) is 3.36. The van der Waals surface area contributed by atoms with Crippen molar-refractivity contribution in [1.29, 1.82) is 0 Å². The van der Waals surface area contributed by atoms with Gasteiger partial charge in [-0.3, -0.25) is 4.72 Å². The molecule has 0 fully saturated rings. The molecule has 0 aliphatic rings. The zero-order chi connectivity index (χ0) is 18.7. The molecule has 0 bridgehead atoms. The van der Waals surface area contributed by atoms with Crippen LogP contribution in [0, 0.1) is 0 Å². The standard InChI is InChI=1S/C18H12Cl3NO3S/c19-14-4-1-2-7-17(14)25-13-10-8-12(9-11-13)22-26(23,24)18-15(20)5-3-6-16(18)21/h1-11,22H. The highest BCUT2D eigenvalue weighted by atomic mass is 35.5. The average Bonchev–Trinajstić information content (AvgIpc) is 2.58. The first-order chi connectivity index (χ1) is 12.4. The van der Waals surface area contributed by atoms with Gasteiger partial charge in [-0.15, -0.1) is 0 Å². The monoisotopic (exact) mass is 427 g/mol. The SMILES string of the molecule is O=S(=O)(Nc1ccc(Oc2ccccc2Cl)cc1)c1c(Cl)cccc1Cl. The highest BCUT2D eigenvalue weighted by Gasteiger charge is 2.21. The molecule has 134 valence electrons. The first-order valence-electron chi connectivity index (χ1n) is 7.36. The molecule has 3 aromatic carbocycles. The van der Waals surface area contributed by atoms with Gasteiger partial charge in [0, 0.05) is 5.69 Å². The topological polar surface area (TPSA) is 55.4 Å². The minimum atomic E-state index is -3.93. The lowest BCUT2D eigenvalue weighted by molar-refractivity contribution is 0.483. The van der Waals surface area contributed by atoms with Crippen molar-refractivity contribution in [3.05, 3.63) is 81.8 Å². The fraction of sp³-hybridized carbons (Fsp3) is 0. The summed E-state index contributed by atoms with van der Waals surface area (Å²) in [6.07, 6.45) is 0. The number of benzene rings is 3. The van der Waals surface area contributed by atoms with Gasteiger partial charge in [-0.1, -0.05) is 53.0 Å². The average molecular weight is 429 g/mol. The van der Waals surface area contributed by atoms with E-state index in [9.17, 15) is 8.42 Å². The van der Waals surface area contributed by atoms with E-state index in [-0.39, 0.29) is 14.9 Å².